The third-order valence-corrected chi connectivity index (χ3v) is 2.69. The summed E-state index contributed by atoms with van der Waals surface area (Å²) in [6, 6.07) is 0.938. The molecule has 1 rings (SSSR count). The summed E-state index contributed by atoms with van der Waals surface area (Å²) in [7, 11) is 0. The normalized spacial score (nSPS) is 13.2. The van der Waals surface area contributed by atoms with E-state index in [0.717, 1.165) is 12.3 Å². The standard InChI is InChI=1S/C15H15F3N2O/c1-9(12(4)21)5-10(2)20-11(3)13-6-14(8-19-7-13)15(16,17)18/h5-8H,3H2,1-2,4H3/b9-5+,20-10?. The largest absolute Gasteiger partial charge is 0.417 e. The van der Waals surface area contributed by atoms with Crippen LogP contribution in [0.15, 0.2) is 41.7 Å². The van der Waals surface area contributed by atoms with E-state index in [1.807, 2.05) is 0 Å². The molecule has 0 radical (unpaired) electrons. The fourth-order valence-electron chi connectivity index (χ4n) is 1.48. The van der Waals surface area contributed by atoms with E-state index in [0.29, 0.717) is 11.3 Å². The lowest BCUT2D eigenvalue weighted by Gasteiger charge is -2.08. The van der Waals surface area contributed by atoms with Gasteiger partial charge in [0.2, 0.25) is 0 Å². The second kappa shape index (κ2) is 6.47. The van der Waals surface area contributed by atoms with Crippen molar-refractivity contribution in [3.05, 3.63) is 47.8 Å². The van der Waals surface area contributed by atoms with Crippen LogP contribution in [0.3, 0.4) is 0 Å². The van der Waals surface area contributed by atoms with Gasteiger partial charge in [-0.15, -0.1) is 0 Å². The summed E-state index contributed by atoms with van der Waals surface area (Å²) in [6.07, 6.45) is -0.912. The van der Waals surface area contributed by atoms with Crippen molar-refractivity contribution in [1.82, 2.24) is 4.98 Å². The number of carbonyl (C=O) groups excluding carboxylic acids is 1. The number of aliphatic imine (C=N–C) groups is 1. The Hall–Kier alpha value is -2.24. The molecule has 0 aliphatic heterocycles. The van der Waals surface area contributed by atoms with Crippen molar-refractivity contribution in [2.45, 2.75) is 26.9 Å². The molecule has 0 aliphatic rings. The molecule has 1 aromatic heterocycles. The van der Waals surface area contributed by atoms with Gasteiger partial charge in [-0.2, -0.15) is 13.2 Å². The van der Waals surface area contributed by atoms with Gasteiger partial charge in [0.1, 0.15) is 0 Å². The summed E-state index contributed by atoms with van der Waals surface area (Å²) >= 11 is 0. The number of ketones is 1. The number of nitrogens with zero attached hydrogens (tertiary/aromatic N) is 2. The van der Waals surface area contributed by atoms with Crippen LogP contribution >= 0.6 is 0 Å². The zero-order valence-corrected chi connectivity index (χ0v) is 12.0. The van der Waals surface area contributed by atoms with Gasteiger partial charge in [0.25, 0.3) is 0 Å². The number of halogens is 3. The summed E-state index contributed by atoms with van der Waals surface area (Å²) < 4.78 is 37.8. The Morgan fingerprint density at radius 1 is 1.29 bits per heavy atom. The lowest BCUT2D eigenvalue weighted by Crippen LogP contribution is -2.06. The maximum Gasteiger partial charge on any atom is 0.417 e. The maximum atomic E-state index is 12.6. The van der Waals surface area contributed by atoms with E-state index in [1.165, 1.54) is 13.1 Å². The molecule has 0 unspecified atom stereocenters. The minimum Gasteiger partial charge on any atom is -0.295 e. The van der Waals surface area contributed by atoms with Crippen LogP contribution in [0.1, 0.15) is 31.9 Å². The number of hydrogen-bond donors (Lipinski definition) is 0. The van der Waals surface area contributed by atoms with Gasteiger partial charge in [-0.25, -0.2) is 0 Å². The van der Waals surface area contributed by atoms with Gasteiger partial charge in [0, 0.05) is 23.7 Å². The highest BCUT2D eigenvalue weighted by molar-refractivity contribution is 6.04. The van der Waals surface area contributed by atoms with E-state index in [4.69, 9.17) is 0 Å². The molecule has 6 heteroatoms. The first kappa shape index (κ1) is 16.8. The van der Waals surface area contributed by atoms with Gasteiger partial charge in [0.05, 0.1) is 11.3 Å². The quantitative estimate of drug-likeness (QED) is 0.621. The van der Waals surface area contributed by atoms with Crippen LogP contribution in [0.5, 0.6) is 0 Å². The number of carbonyl (C=O) groups is 1. The highest BCUT2D eigenvalue weighted by Gasteiger charge is 2.31. The van der Waals surface area contributed by atoms with Crippen molar-refractivity contribution in [3.8, 4) is 0 Å². The Labute approximate surface area is 120 Å². The smallest absolute Gasteiger partial charge is 0.295 e. The van der Waals surface area contributed by atoms with Crippen LogP contribution < -0.4 is 0 Å². The van der Waals surface area contributed by atoms with Gasteiger partial charge < -0.3 is 0 Å². The zero-order valence-electron chi connectivity index (χ0n) is 12.0. The van der Waals surface area contributed by atoms with Crippen molar-refractivity contribution in [2.75, 3.05) is 0 Å². The summed E-state index contributed by atoms with van der Waals surface area (Å²) in [5.41, 5.74) is 0.456. The van der Waals surface area contributed by atoms with Gasteiger partial charge in [-0.1, -0.05) is 6.58 Å². The third kappa shape index (κ3) is 4.98. The Morgan fingerprint density at radius 3 is 2.43 bits per heavy atom. The maximum absolute atomic E-state index is 12.6. The first-order valence-corrected chi connectivity index (χ1v) is 6.07. The number of allylic oxidation sites excluding steroid dienone is 2. The minimum atomic E-state index is -4.47. The molecule has 1 aromatic rings. The Kier molecular flexibility index (Phi) is 5.18. The van der Waals surface area contributed by atoms with Crippen LogP contribution in [0.2, 0.25) is 0 Å². The van der Waals surface area contributed by atoms with E-state index in [1.54, 1.807) is 19.9 Å². The van der Waals surface area contributed by atoms with Crippen molar-refractivity contribution in [1.29, 1.82) is 0 Å². The van der Waals surface area contributed by atoms with Gasteiger partial charge in [-0.3, -0.25) is 14.8 Å². The summed E-state index contributed by atoms with van der Waals surface area (Å²) in [4.78, 5) is 18.7. The molecule has 0 N–H and O–H groups in total. The average molecular weight is 296 g/mol. The van der Waals surface area contributed by atoms with Crippen LogP contribution in [0.4, 0.5) is 13.2 Å². The van der Waals surface area contributed by atoms with Crippen LogP contribution in [-0.2, 0) is 11.0 Å². The van der Waals surface area contributed by atoms with Gasteiger partial charge in [0.15, 0.2) is 5.78 Å². The lowest BCUT2D eigenvalue weighted by atomic mass is 10.1. The second-order valence-corrected chi connectivity index (χ2v) is 4.54. The monoisotopic (exact) mass is 296 g/mol. The molecular formula is C15H15F3N2O. The summed E-state index contributed by atoms with van der Waals surface area (Å²) in [6.45, 7) is 8.32. The van der Waals surface area contributed by atoms with Crippen LogP contribution in [0.25, 0.3) is 5.70 Å². The van der Waals surface area contributed by atoms with Crippen LogP contribution in [0, 0.1) is 0 Å². The number of aromatic nitrogens is 1. The first-order chi connectivity index (χ1) is 9.61. The fourth-order valence-corrected chi connectivity index (χ4v) is 1.48. The van der Waals surface area contributed by atoms with Crippen molar-refractivity contribution in [3.63, 3.8) is 0 Å². The molecule has 0 atom stereocenters. The Morgan fingerprint density at radius 2 is 1.90 bits per heavy atom. The Balaban J connectivity index is 3.05. The molecular weight excluding hydrogens is 281 g/mol. The highest BCUT2D eigenvalue weighted by Crippen LogP contribution is 2.30. The zero-order chi connectivity index (χ0) is 16.2. The van der Waals surface area contributed by atoms with Crippen molar-refractivity contribution >= 4 is 17.2 Å². The highest BCUT2D eigenvalue weighted by atomic mass is 19.4. The predicted molar refractivity (Wildman–Crippen MR) is 75.8 cm³/mol. The molecule has 0 saturated carbocycles. The number of alkyl halides is 3. The summed E-state index contributed by atoms with van der Waals surface area (Å²) in [5, 5.41) is 0. The van der Waals surface area contributed by atoms with Crippen molar-refractivity contribution in [2.24, 2.45) is 4.99 Å². The molecule has 0 bridgehead atoms. The molecule has 0 aliphatic carbocycles. The van der Waals surface area contributed by atoms with E-state index in [-0.39, 0.29) is 17.0 Å². The molecule has 112 valence electrons. The minimum absolute atomic E-state index is 0.101. The molecule has 1 heterocycles. The average Bonchev–Trinajstić information content (AvgIpc) is 2.37. The molecule has 0 amide bonds. The van der Waals surface area contributed by atoms with Crippen LogP contribution in [-0.4, -0.2) is 16.5 Å². The molecule has 0 aromatic carbocycles. The van der Waals surface area contributed by atoms with E-state index < -0.39 is 11.7 Å². The molecule has 3 nitrogen and oxygen atoms in total. The fraction of sp³-hybridized carbons (Fsp3) is 0.267. The summed E-state index contributed by atoms with van der Waals surface area (Å²) in [5.74, 6) is -0.101. The van der Waals surface area contributed by atoms with E-state index in [2.05, 4.69) is 16.6 Å². The molecule has 0 saturated heterocycles. The number of pyridine rings is 1. The topological polar surface area (TPSA) is 42.3 Å². The predicted octanol–water partition coefficient (Wildman–Crippen LogP) is 4.07. The van der Waals surface area contributed by atoms with E-state index >= 15 is 0 Å². The number of Topliss-reactive ketones (excluding diaryl/α,β-unsaturated/α-hetero) is 1. The van der Waals surface area contributed by atoms with Gasteiger partial charge >= 0.3 is 6.18 Å². The Bertz CT molecular complexity index is 628. The third-order valence-electron chi connectivity index (χ3n) is 2.69. The molecule has 0 fully saturated rings. The SMILES string of the molecule is C=C(N=C(C)/C=C(\C)C(C)=O)c1cncc(C(F)(F)F)c1. The molecule has 0 spiro atoms. The lowest BCUT2D eigenvalue weighted by molar-refractivity contribution is -0.137. The first-order valence-electron chi connectivity index (χ1n) is 6.07. The van der Waals surface area contributed by atoms with Gasteiger partial charge in [-0.05, 0) is 38.5 Å². The number of hydrogen-bond acceptors (Lipinski definition) is 3. The second-order valence-electron chi connectivity index (χ2n) is 4.54. The molecule has 21 heavy (non-hydrogen) atoms. The number of rotatable bonds is 4. The van der Waals surface area contributed by atoms with E-state index in [9.17, 15) is 18.0 Å². The van der Waals surface area contributed by atoms with Crippen molar-refractivity contribution < 1.29 is 18.0 Å².